The van der Waals surface area contributed by atoms with Gasteiger partial charge in [-0.1, -0.05) is 6.07 Å². The van der Waals surface area contributed by atoms with Gasteiger partial charge < -0.3 is 11.1 Å². The van der Waals surface area contributed by atoms with E-state index in [1.54, 1.807) is 0 Å². The predicted molar refractivity (Wildman–Crippen MR) is 82.8 cm³/mol. The average Bonchev–Trinajstić information content (AvgIpc) is 2.43. The number of carbonyl (C=O) groups is 1. The lowest BCUT2D eigenvalue weighted by molar-refractivity contribution is -0.117. The van der Waals surface area contributed by atoms with E-state index in [-0.39, 0.29) is 5.91 Å². The van der Waals surface area contributed by atoms with Crippen molar-refractivity contribution in [1.82, 2.24) is 4.90 Å². The number of nitrogens with one attached hydrogen (secondary N) is 1. The highest BCUT2D eigenvalue weighted by molar-refractivity contribution is 5.92. The van der Waals surface area contributed by atoms with Crippen molar-refractivity contribution in [2.45, 2.75) is 26.7 Å². The Hall–Kier alpha value is -1.39. The standard InChI is InChI=1S/C16H25N3O/c1-12-5-6-15(8-13(12)2)18-16(20)11-19-7-3-4-14(9-17)10-19/h5-6,8,14H,3-4,7,9-11,17H2,1-2H3,(H,18,20). The Bertz CT molecular complexity index is 473. The van der Waals surface area contributed by atoms with Gasteiger partial charge in [0.1, 0.15) is 0 Å². The molecule has 1 aromatic rings. The van der Waals surface area contributed by atoms with Crippen LogP contribution in [0.5, 0.6) is 0 Å². The Kier molecular flexibility index (Phi) is 5.15. The van der Waals surface area contributed by atoms with Gasteiger partial charge >= 0.3 is 0 Å². The molecule has 1 aliphatic heterocycles. The number of rotatable bonds is 4. The van der Waals surface area contributed by atoms with Gasteiger partial charge in [0.2, 0.25) is 5.91 Å². The molecular formula is C16H25N3O. The molecule has 0 radical (unpaired) electrons. The molecule has 1 fully saturated rings. The lowest BCUT2D eigenvalue weighted by Crippen LogP contribution is -2.42. The first-order valence-corrected chi connectivity index (χ1v) is 7.38. The van der Waals surface area contributed by atoms with Gasteiger partial charge in [-0.05, 0) is 69.0 Å². The van der Waals surface area contributed by atoms with Crippen LogP contribution in [-0.2, 0) is 4.79 Å². The fraction of sp³-hybridized carbons (Fsp3) is 0.562. The Labute approximate surface area is 121 Å². The van der Waals surface area contributed by atoms with Crippen molar-refractivity contribution in [1.29, 1.82) is 0 Å². The smallest absolute Gasteiger partial charge is 0.238 e. The summed E-state index contributed by atoms with van der Waals surface area (Å²) in [5, 5.41) is 2.98. The molecule has 0 aliphatic carbocycles. The summed E-state index contributed by atoms with van der Waals surface area (Å²) in [6.45, 7) is 7.25. The van der Waals surface area contributed by atoms with Crippen LogP contribution in [0, 0.1) is 19.8 Å². The molecule has 20 heavy (non-hydrogen) atoms. The first-order chi connectivity index (χ1) is 9.58. The summed E-state index contributed by atoms with van der Waals surface area (Å²) < 4.78 is 0. The van der Waals surface area contributed by atoms with E-state index in [0.29, 0.717) is 12.5 Å². The maximum absolute atomic E-state index is 12.1. The molecule has 1 aliphatic rings. The third kappa shape index (κ3) is 4.05. The van der Waals surface area contributed by atoms with Gasteiger partial charge in [-0.15, -0.1) is 0 Å². The van der Waals surface area contributed by atoms with Crippen LogP contribution in [0.15, 0.2) is 18.2 Å². The van der Waals surface area contributed by atoms with E-state index in [1.165, 1.54) is 17.5 Å². The van der Waals surface area contributed by atoms with Crippen LogP contribution in [0.3, 0.4) is 0 Å². The summed E-state index contributed by atoms with van der Waals surface area (Å²) in [6.07, 6.45) is 2.32. The number of nitrogens with two attached hydrogens (primary N) is 1. The Morgan fingerprint density at radius 3 is 2.90 bits per heavy atom. The topological polar surface area (TPSA) is 58.4 Å². The summed E-state index contributed by atoms with van der Waals surface area (Å²) in [7, 11) is 0. The molecule has 2 rings (SSSR count). The highest BCUT2D eigenvalue weighted by Crippen LogP contribution is 2.16. The van der Waals surface area contributed by atoms with Gasteiger partial charge in [0, 0.05) is 12.2 Å². The number of amides is 1. The van der Waals surface area contributed by atoms with Crippen LogP contribution in [0.1, 0.15) is 24.0 Å². The van der Waals surface area contributed by atoms with Gasteiger partial charge in [0.15, 0.2) is 0 Å². The van der Waals surface area contributed by atoms with Gasteiger partial charge in [-0.2, -0.15) is 0 Å². The van der Waals surface area contributed by atoms with E-state index in [4.69, 9.17) is 5.73 Å². The molecule has 1 atom stereocenters. The third-order valence-corrected chi connectivity index (χ3v) is 4.09. The van der Waals surface area contributed by atoms with E-state index in [2.05, 4.69) is 24.1 Å². The van der Waals surface area contributed by atoms with Crippen LogP contribution in [0.2, 0.25) is 0 Å². The number of carbonyl (C=O) groups excluding carboxylic acids is 1. The Morgan fingerprint density at radius 1 is 1.40 bits per heavy atom. The van der Waals surface area contributed by atoms with Crippen LogP contribution >= 0.6 is 0 Å². The van der Waals surface area contributed by atoms with Crippen molar-refractivity contribution >= 4 is 11.6 Å². The monoisotopic (exact) mass is 275 g/mol. The first-order valence-electron chi connectivity index (χ1n) is 7.38. The largest absolute Gasteiger partial charge is 0.330 e. The number of nitrogens with zero attached hydrogens (tertiary/aromatic N) is 1. The summed E-state index contributed by atoms with van der Waals surface area (Å²) >= 11 is 0. The highest BCUT2D eigenvalue weighted by Gasteiger charge is 2.20. The minimum atomic E-state index is 0.0610. The number of hydrogen-bond donors (Lipinski definition) is 2. The van der Waals surface area contributed by atoms with Crippen molar-refractivity contribution in [3.05, 3.63) is 29.3 Å². The molecule has 0 saturated carbocycles. The number of hydrogen-bond acceptors (Lipinski definition) is 3. The molecule has 1 saturated heterocycles. The van der Waals surface area contributed by atoms with Crippen molar-refractivity contribution in [2.75, 3.05) is 31.5 Å². The molecule has 0 spiro atoms. The summed E-state index contributed by atoms with van der Waals surface area (Å²) in [5.41, 5.74) is 9.04. The van der Waals surface area contributed by atoms with Crippen LogP contribution in [-0.4, -0.2) is 37.0 Å². The average molecular weight is 275 g/mol. The second-order valence-electron chi connectivity index (χ2n) is 5.83. The highest BCUT2D eigenvalue weighted by atomic mass is 16.2. The fourth-order valence-corrected chi connectivity index (χ4v) is 2.71. The normalized spacial score (nSPS) is 19.9. The van der Waals surface area contributed by atoms with E-state index >= 15 is 0 Å². The zero-order valence-electron chi connectivity index (χ0n) is 12.5. The van der Waals surface area contributed by atoms with Crippen molar-refractivity contribution < 1.29 is 4.79 Å². The maximum Gasteiger partial charge on any atom is 0.238 e. The minimum absolute atomic E-state index is 0.0610. The number of benzene rings is 1. The molecule has 0 aromatic heterocycles. The molecule has 1 heterocycles. The van der Waals surface area contributed by atoms with Gasteiger partial charge in [-0.25, -0.2) is 0 Å². The molecule has 1 unspecified atom stereocenters. The maximum atomic E-state index is 12.1. The molecule has 3 N–H and O–H groups in total. The van der Waals surface area contributed by atoms with E-state index in [9.17, 15) is 4.79 Å². The lowest BCUT2D eigenvalue weighted by Gasteiger charge is -2.31. The Balaban J connectivity index is 1.87. The van der Waals surface area contributed by atoms with Crippen molar-refractivity contribution in [3.63, 3.8) is 0 Å². The van der Waals surface area contributed by atoms with E-state index in [0.717, 1.165) is 31.7 Å². The number of anilines is 1. The zero-order chi connectivity index (χ0) is 14.5. The minimum Gasteiger partial charge on any atom is -0.330 e. The van der Waals surface area contributed by atoms with Crippen molar-refractivity contribution in [3.8, 4) is 0 Å². The molecule has 0 bridgehead atoms. The first kappa shape index (κ1) is 15.0. The second kappa shape index (κ2) is 6.86. The lowest BCUT2D eigenvalue weighted by atomic mass is 9.98. The molecule has 4 nitrogen and oxygen atoms in total. The number of aryl methyl sites for hydroxylation is 2. The number of piperidine rings is 1. The Morgan fingerprint density at radius 2 is 2.20 bits per heavy atom. The van der Waals surface area contributed by atoms with Crippen LogP contribution in [0.4, 0.5) is 5.69 Å². The van der Waals surface area contributed by atoms with Gasteiger partial charge in [0.05, 0.1) is 6.54 Å². The molecule has 1 aromatic carbocycles. The zero-order valence-corrected chi connectivity index (χ0v) is 12.5. The quantitative estimate of drug-likeness (QED) is 0.882. The second-order valence-corrected chi connectivity index (χ2v) is 5.83. The molecular weight excluding hydrogens is 250 g/mol. The third-order valence-electron chi connectivity index (χ3n) is 4.09. The SMILES string of the molecule is Cc1ccc(NC(=O)CN2CCCC(CN)C2)cc1C. The van der Waals surface area contributed by atoms with Gasteiger partial charge in [-0.3, -0.25) is 9.69 Å². The molecule has 110 valence electrons. The summed E-state index contributed by atoms with van der Waals surface area (Å²) in [4.78, 5) is 14.3. The summed E-state index contributed by atoms with van der Waals surface area (Å²) in [6, 6.07) is 6.02. The summed E-state index contributed by atoms with van der Waals surface area (Å²) in [5.74, 6) is 0.601. The van der Waals surface area contributed by atoms with Crippen LogP contribution < -0.4 is 11.1 Å². The van der Waals surface area contributed by atoms with E-state index < -0.39 is 0 Å². The van der Waals surface area contributed by atoms with Crippen LogP contribution in [0.25, 0.3) is 0 Å². The number of likely N-dealkylation sites (tertiary alicyclic amines) is 1. The van der Waals surface area contributed by atoms with Gasteiger partial charge in [0.25, 0.3) is 0 Å². The predicted octanol–water partition coefficient (Wildman–Crippen LogP) is 1.91. The fourth-order valence-electron chi connectivity index (χ4n) is 2.71. The van der Waals surface area contributed by atoms with Crippen molar-refractivity contribution in [2.24, 2.45) is 11.7 Å². The molecule has 4 heteroatoms. The molecule has 1 amide bonds. The van der Waals surface area contributed by atoms with E-state index in [1.807, 2.05) is 18.2 Å².